The summed E-state index contributed by atoms with van der Waals surface area (Å²) < 4.78 is 49.6. The molecule has 0 fully saturated rings. The fraction of sp³-hybridized carbons (Fsp3) is 0.0833. The number of nitrogens with one attached hydrogen (secondary N) is 1. The van der Waals surface area contributed by atoms with Crippen molar-refractivity contribution in [2.75, 3.05) is 11.0 Å². The van der Waals surface area contributed by atoms with Gasteiger partial charge < -0.3 is 0 Å². The molecule has 112 valence electrons. The molecule has 0 radical (unpaired) electrons. The van der Waals surface area contributed by atoms with Crippen molar-refractivity contribution in [3.63, 3.8) is 0 Å². The highest BCUT2D eigenvalue weighted by atomic mass is 35.5. The number of pyridine rings is 1. The molecule has 2 aromatic rings. The molecule has 0 atom stereocenters. The van der Waals surface area contributed by atoms with E-state index >= 15 is 0 Å². The highest BCUT2D eigenvalue weighted by Crippen LogP contribution is 2.23. The average Bonchev–Trinajstić information content (AvgIpc) is 2.37. The van der Waals surface area contributed by atoms with E-state index in [0.717, 1.165) is 12.5 Å². The normalized spacial score (nSPS) is 12.1. The van der Waals surface area contributed by atoms with Gasteiger partial charge in [-0.15, -0.1) is 0 Å². The van der Waals surface area contributed by atoms with E-state index in [1.54, 1.807) is 0 Å². The van der Waals surface area contributed by atoms with Gasteiger partial charge in [-0.25, -0.2) is 16.8 Å². The van der Waals surface area contributed by atoms with E-state index in [4.69, 9.17) is 11.6 Å². The molecule has 2 rings (SSSR count). The molecule has 0 unspecified atom stereocenters. The summed E-state index contributed by atoms with van der Waals surface area (Å²) in [6.45, 7) is 0. The molecule has 9 heteroatoms. The van der Waals surface area contributed by atoms with Crippen LogP contribution in [0.1, 0.15) is 0 Å². The Labute approximate surface area is 127 Å². The summed E-state index contributed by atoms with van der Waals surface area (Å²) in [7, 11) is -7.37. The Balaban J connectivity index is 2.41. The summed E-state index contributed by atoms with van der Waals surface area (Å²) in [4.78, 5) is 3.54. The number of sulfonamides is 1. The summed E-state index contributed by atoms with van der Waals surface area (Å²) in [6, 6.07) is 6.85. The Morgan fingerprint density at radius 1 is 1.14 bits per heavy atom. The van der Waals surface area contributed by atoms with Gasteiger partial charge >= 0.3 is 0 Å². The monoisotopic (exact) mass is 346 g/mol. The van der Waals surface area contributed by atoms with Crippen molar-refractivity contribution >= 4 is 37.1 Å². The average molecular weight is 347 g/mol. The second-order valence-electron chi connectivity index (χ2n) is 4.21. The van der Waals surface area contributed by atoms with Gasteiger partial charge in [0.15, 0.2) is 9.84 Å². The predicted molar refractivity (Wildman–Crippen MR) is 79.6 cm³/mol. The molecule has 1 N–H and O–H groups in total. The number of nitrogens with zero attached hydrogens (tertiary/aromatic N) is 1. The van der Waals surface area contributed by atoms with Crippen LogP contribution < -0.4 is 4.72 Å². The molecule has 0 bridgehead atoms. The van der Waals surface area contributed by atoms with Crippen molar-refractivity contribution in [1.82, 2.24) is 4.98 Å². The Morgan fingerprint density at radius 2 is 1.86 bits per heavy atom. The third-order valence-corrected chi connectivity index (χ3v) is 5.50. The fourth-order valence-electron chi connectivity index (χ4n) is 1.56. The summed E-state index contributed by atoms with van der Waals surface area (Å²) >= 11 is 5.82. The predicted octanol–water partition coefficient (Wildman–Crippen LogP) is 1.94. The van der Waals surface area contributed by atoms with Gasteiger partial charge in [-0.05, 0) is 24.3 Å². The van der Waals surface area contributed by atoms with Gasteiger partial charge in [-0.2, -0.15) is 0 Å². The largest absolute Gasteiger partial charge is 0.279 e. The Bertz CT molecular complexity index is 880. The van der Waals surface area contributed by atoms with E-state index in [1.165, 1.54) is 36.5 Å². The van der Waals surface area contributed by atoms with Gasteiger partial charge in [0.05, 0.1) is 15.6 Å². The zero-order chi connectivity index (χ0) is 15.7. The van der Waals surface area contributed by atoms with Gasteiger partial charge in [0.2, 0.25) is 0 Å². The van der Waals surface area contributed by atoms with Crippen LogP contribution in [0.4, 0.5) is 5.69 Å². The van der Waals surface area contributed by atoms with Crippen molar-refractivity contribution in [3.05, 3.63) is 47.7 Å². The van der Waals surface area contributed by atoms with E-state index < -0.39 is 19.9 Å². The van der Waals surface area contributed by atoms with Crippen LogP contribution >= 0.6 is 11.6 Å². The number of sulfone groups is 1. The van der Waals surface area contributed by atoms with Crippen LogP contribution in [0.2, 0.25) is 5.02 Å². The standard InChI is InChI=1S/C12H11ClN2O4S2/c1-20(16,17)10-4-2-3-9(7-10)15-21(18,19)12-8-14-6-5-11(12)13/h2-8,15H,1H3. The zero-order valence-electron chi connectivity index (χ0n) is 10.8. The maximum Gasteiger partial charge on any atom is 0.264 e. The van der Waals surface area contributed by atoms with Gasteiger partial charge in [-0.1, -0.05) is 17.7 Å². The van der Waals surface area contributed by atoms with Gasteiger partial charge in [0, 0.05) is 18.6 Å². The molecule has 0 saturated carbocycles. The Hall–Kier alpha value is -1.64. The number of benzene rings is 1. The third-order valence-electron chi connectivity index (χ3n) is 2.54. The van der Waals surface area contributed by atoms with E-state index in [-0.39, 0.29) is 20.5 Å². The van der Waals surface area contributed by atoms with Crippen LogP contribution in [-0.2, 0) is 19.9 Å². The van der Waals surface area contributed by atoms with Gasteiger partial charge in [0.25, 0.3) is 10.0 Å². The van der Waals surface area contributed by atoms with E-state index in [1.807, 2.05) is 0 Å². The maximum absolute atomic E-state index is 12.2. The Morgan fingerprint density at radius 3 is 2.48 bits per heavy atom. The van der Waals surface area contributed by atoms with Crippen molar-refractivity contribution in [1.29, 1.82) is 0 Å². The van der Waals surface area contributed by atoms with Crippen molar-refractivity contribution in [2.45, 2.75) is 9.79 Å². The second kappa shape index (κ2) is 5.63. The fourth-order valence-corrected chi connectivity index (χ4v) is 3.71. The zero-order valence-corrected chi connectivity index (χ0v) is 13.2. The minimum absolute atomic E-state index is 0.0139. The molecule has 1 aromatic heterocycles. The molecule has 0 amide bonds. The number of hydrogen-bond donors (Lipinski definition) is 1. The highest BCUT2D eigenvalue weighted by molar-refractivity contribution is 7.93. The molecule has 0 aliphatic carbocycles. The smallest absolute Gasteiger partial charge is 0.264 e. The van der Waals surface area contributed by atoms with Crippen molar-refractivity contribution in [2.24, 2.45) is 0 Å². The number of anilines is 1. The summed E-state index contributed by atoms with van der Waals surface area (Å²) in [5, 5.41) is 0.0248. The summed E-state index contributed by atoms with van der Waals surface area (Å²) in [5.41, 5.74) is 0.123. The lowest BCUT2D eigenvalue weighted by Gasteiger charge is -2.09. The SMILES string of the molecule is CS(=O)(=O)c1cccc(NS(=O)(=O)c2cnccc2Cl)c1. The third kappa shape index (κ3) is 3.72. The van der Waals surface area contributed by atoms with Crippen LogP contribution in [-0.4, -0.2) is 28.1 Å². The lowest BCUT2D eigenvalue weighted by Crippen LogP contribution is -2.14. The van der Waals surface area contributed by atoms with Crippen LogP contribution in [0.3, 0.4) is 0 Å². The molecule has 1 aromatic carbocycles. The first-order chi connectivity index (χ1) is 9.70. The van der Waals surface area contributed by atoms with Gasteiger partial charge in [-0.3, -0.25) is 9.71 Å². The first kappa shape index (κ1) is 15.7. The summed E-state index contributed by atoms with van der Waals surface area (Å²) in [5.74, 6) is 0. The van der Waals surface area contributed by atoms with Crippen LogP contribution in [0, 0.1) is 0 Å². The van der Waals surface area contributed by atoms with Crippen LogP contribution in [0.25, 0.3) is 0 Å². The van der Waals surface area contributed by atoms with E-state index in [0.29, 0.717) is 0 Å². The minimum Gasteiger partial charge on any atom is -0.279 e. The molecule has 0 aliphatic rings. The maximum atomic E-state index is 12.2. The van der Waals surface area contributed by atoms with Gasteiger partial charge in [0.1, 0.15) is 4.90 Å². The number of halogens is 1. The molecular weight excluding hydrogens is 336 g/mol. The molecule has 6 nitrogen and oxygen atoms in total. The molecular formula is C12H11ClN2O4S2. The lowest BCUT2D eigenvalue weighted by atomic mass is 10.3. The number of aromatic nitrogens is 1. The van der Waals surface area contributed by atoms with Crippen molar-refractivity contribution in [3.8, 4) is 0 Å². The lowest BCUT2D eigenvalue weighted by molar-refractivity contribution is 0.598. The quantitative estimate of drug-likeness (QED) is 0.913. The Kier molecular flexibility index (Phi) is 4.22. The first-order valence-electron chi connectivity index (χ1n) is 5.62. The molecule has 0 aliphatic heterocycles. The molecule has 1 heterocycles. The second-order valence-corrected chi connectivity index (χ2v) is 8.29. The van der Waals surface area contributed by atoms with E-state index in [2.05, 4.69) is 9.71 Å². The van der Waals surface area contributed by atoms with Crippen LogP contribution in [0.15, 0.2) is 52.5 Å². The number of hydrogen-bond acceptors (Lipinski definition) is 5. The summed E-state index contributed by atoms with van der Waals surface area (Å²) in [6.07, 6.45) is 3.52. The highest BCUT2D eigenvalue weighted by Gasteiger charge is 2.19. The van der Waals surface area contributed by atoms with Crippen LogP contribution in [0.5, 0.6) is 0 Å². The molecule has 0 saturated heterocycles. The molecule has 21 heavy (non-hydrogen) atoms. The van der Waals surface area contributed by atoms with Crippen molar-refractivity contribution < 1.29 is 16.8 Å². The van der Waals surface area contributed by atoms with E-state index in [9.17, 15) is 16.8 Å². The first-order valence-corrected chi connectivity index (χ1v) is 9.38. The topological polar surface area (TPSA) is 93.2 Å². The molecule has 0 spiro atoms. The number of rotatable bonds is 4. The minimum atomic E-state index is -3.95.